The van der Waals surface area contributed by atoms with Crippen molar-refractivity contribution < 1.29 is 19.7 Å². The number of phenolic OH excluding ortho intramolecular Hbond substituents is 2. The Morgan fingerprint density at radius 2 is 0.466 bits per heavy atom. The molecule has 0 aliphatic rings. The summed E-state index contributed by atoms with van der Waals surface area (Å²) in [4.78, 5) is 30.7. The molecule has 10 heteroatoms. The van der Waals surface area contributed by atoms with Gasteiger partial charge in [0.25, 0.3) is 0 Å². The molecule has 73 heavy (non-hydrogen) atoms. The molecule has 0 bridgehead atoms. The SMILES string of the molecule is Cc1c(C)c(C)c(-c2nc(-c3ccc(OCOc4ccc(-c5nc(-c6c(C)c(C)c(C)c(C)c6C)nc(-c6c(C)c(C)c(C)c(C)c6C)n5)c(O)c4)cc3O)nc(-c3c(C)c(C)c(C)c(C)c3C)n2)c(C)c1C. The zero-order chi connectivity index (χ0) is 53.4. The predicted octanol–water partition coefficient (Wildman–Crippen LogP) is 15.1. The molecule has 0 saturated heterocycles. The van der Waals surface area contributed by atoms with Gasteiger partial charge in [-0.15, -0.1) is 0 Å². The first-order valence-corrected chi connectivity index (χ1v) is 25.1. The second-order valence-electron chi connectivity index (χ2n) is 20.4. The Balaban J connectivity index is 1.12. The Labute approximate surface area is 432 Å². The molecule has 6 aromatic carbocycles. The van der Waals surface area contributed by atoms with Crippen molar-refractivity contribution in [2.24, 2.45) is 0 Å². The molecule has 2 N–H and O–H groups in total. The molecule has 0 spiro atoms. The fourth-order valence-corrected chi connectivity index (χ4v) is 10.5. The summed E-state index contributed by atoms with van der Waals surface area (Å²) in [5.41, 5.74) is 28.2. The molecule has 0 aliphatic heterocycles. The zero-order valence-corrected chi connectivity index (χ0v) is 46.6. The van der Waals surface area contributed by atoms with E-state index in [1.807, 2.05) is 0 Å². The molecule has 8 aromatic rings. The number of aromatic hydroxyl groups is 2. The van der Waals surface area contributed by atoms with Gasteiger partial charge in [-0.3, -0.25) is 0 Å². The van der Waals surface area contributed by atoms with Crippen LogP contribution in [0.1, 0.15) is 111 Å². The van der Waals surface area contributed by atoms with Gasteiger partial charge in [0.15, 0.2) is 34.9 Å². The zero-order valence-electron chi connectivity index (χ0n) is 46.6. The highest BCUT2D eigenvalue weighted by atomic mass is 16.7. The molecule has 2 heterocycles. The topological polar surface area (TPSA) is 136 Å². The first-order valence-electron chi connectivity index (χ1n) is 25.1. The van der Waals surface area contributed by atoms with Gasteiger partial charge in [0.05, 0.1) is 11.1 Å². The van der Waals surface area contributed by atoms with Gasteiger partial charge in [0.1, 0.15) is 23.0 Å². The Kier molecular flexibility index (Phi) is 13.9. The van der Waals surface area contributed by atoms with Gasteiger partial charge >= 0.3 is 0 Å². The lowest BCUT2D eigenvalue weighted by molar-refractivity contribution is 0.119. The summed E-state index contributed by atoms with van der Waals surface area (Å²) in [5.74, 6) is 3.53. The number of benzene rings is 6. The van der Waals surface area contributed by atoms with Gasteiger partial charge in [0.2, 0.25) is 6.79 Å². The monoisotopic (exact) mass is 975 g/mol. The number of hydrogen-bond donors (Lipinski definition) is 2. The third-order valence-electron chi connectivity index (χ3n) is 17.0. The number of phenols is 2. The molecule has 0 atom stereocenters. The van der Waals surface area contributed by atoms with Crippen LogP contribution in [0, 0.1) is 138 Å². The largest absolute Gasteiger partial charge is 0.507 e. The van der Waals surface area contributed by atoms with E-state index in [2.05, 4.69) is 138 Å². The molecule has 0 saturated carbocycles. The molecule has 0 unspecified atom stereocenters. The standard InChI is InChI=1S/C63H70N6O4/c1-28-32(5)40(13)54(41(14)33(28)6)60-64-58(65-61(68-60)55-42(15)34(7)29(2)35(8)43(55)16)50-23-21-48(25-52(50)70)72-27-73-49-22-24-51(53(71)26-49)59-66-62(56-44(17)36(9)30(3)37(10)45(56)18)69-63(67-59)57-46(19)38(11)31(4)39(12)47(57)20/h21-26,70-71H,27H2,1-20H3. The van der Waals surface area contributed by atoms with E-state index in [1.165, 1.54) is 78.9 Å². The van der Waals surface area contributed by atoms with Crippen LogP contribution in [-0.4, -0.2) is 46.9 Å². The van der Waals surface area contributed by atoms with E-state index in [-0.39, 0.29) is 18.3 Å². The summed E-state index contributed by atoms with van der Waals surface area (Å²) in [6.45, 7) is 42.5. The molecule has 0 radical (unpaired) electrons. The molecule has 376 valence electrons. The van der Waals surface area contributed by atoms with E-state index in [9.17, 15) is 10.2 Å². The van der Waals surface area contributed by atoms with Crippen LogP contribution in [0.15, 0.2) is 36.4 Å². The quantitative estimate of drug-likeness (QED) is 0.127. The summed E-state index contributed by atoms with van der Waals surface area (Å²) in [7, 11) is 0. The normalized spacial score (nSPS) is 11.5. The third-order valence-corrected chi connectivity index (χ3v) is 17.0. The highest BCUT2D eigenvalue weighted by Crippen LogP contribution is 2.41. The highest BCUT2D eigenvalue weighted by molar-refractivity contribution is 5.79. The van der Waals surface area contributed by atoms with Crippen molar-refractivity contribution >= 4 is 0 Å². The number of ether oxygens (including phenoxy) is 2. The van der Waals surface area contributed by atoms with Crippen molar-refractivity contribution in [3.63, 3.8) is 0 Å². The van der Waals surface area contributed by atoms with Crippen LogP contribution in [0.25, 0.3) is 68.3 Å². The highest BCUT2D eigenvalue weighted by Gasteiger charge is 2.26. The van der Waals surface area contributed by atoms with Crippen LogP contribution in [0.4, 0.5) is 0 Å². The summed E-state index contributed by atoms with van der Waals surface area (Å²) >= 11 is 0. The fourth-order valence-electron chi connectivity index (χ4n) is 10.5. The molecular formula is C63H70N6O4. The molecule has 0 fully saturated rings. The van der Waals surface area contributed by atoms with Crippen molar-refractivity contribution in [1.29, 1.82) is 0 Å². The van der Waals surface area contributed by atoms with Gasteiger partial charge in [0, 0.05) is 34.4 Å². The predicted molar refractivity (Wildman–Crippen MR) is 296 cm³/mol. The fraction of sp³-hybridized carbons (Fsp3) is 0.333. The van der Waals surface area contributed by atoms with Gasteiger partial charge in [-0.05, 0) is 274 Å². The second kappa shape index (κ2) is 19.5. The first-order chi connectivity index (χ1) is 34.3. The summed E-state index contributed by atoms with van der Waals surface area (Å²) in [6.07, 6.45) is 0. The first kappa shape index (κ1) is 51.9. The van der Waals surface area contributed by atoms with E-state index in [0.717, 1.165) is 66.8 Å². The average Bonchev–Trinajstić information content (AvgIpc) is 3.36. The molecular weight excluding hydrogens is 905 g/mol. The van der Waals surface area contributed by atoms with Gasteiger partial charge in [-0.2, -0.15) is 0 Å². The maximum Gasteiger partial charge on any atom is 0.230 e. The minimum atomic E-state index is -0.206. The maximum absolute atomic E-state index is 11.7. The second-order valence-corrected chi connectivity index (χ2v) is 20.4. The van der Waals surface area contributed by atoms with Crippen molar-refractivity contribution in [2.75, 3.05) is 6.79 Å². The summed E-state index contributed by atoms with van der Waals surface area (Å²) in [5, 5.41) is 23.4. The summed E-state index contributed by atoms with van der Waals surface area (Å²) < 4.78 is 12.1. The van der Waals surface area contributed by atoms with Crippen LogP contribution in [0.3, 0.4) is 0 Å². The van der Waals surface area contributed by atoms with Gasteiger partial charge < -0.3 is 19.7 Å². The molecule has 0 aliphatic carbocycles. The van der Waals surface area contributed by atoms with E-state index < -0.39 is 0 Å². The Hall–Kier alpha value is -7.46. The Morgan fingerprint density at radius 1 is 0.274 bits per heavy atom. The molecule has 10 nitrogen and oxygen atoms in total. The van der Waals surface area contributed by atoms with Crippen molar-refractivity contribution in [3.8, 4) is 91.3 Å². The average molecular weight is 975 g/mol. The molecule has 0 amide bonds. The van der Waals surface area contributed by atoms with Crippen LogP contribution in [0.2, 0.25) is 0 Å². The number of aromatic nitrogens is 6. The van der Waals surface area contributed by atoms with E-state index in [4.69, 9.17) is 39.4 Å². The smallest absolute Gasteiger partial charge is 0.230 e. The lowest BCUT2D eigenvalue weighted by Gasteiger charge is -2.21. The van der Waals surface area contributed by atoms with Crippen molar-refractivity contribution in [2.45, 2.75) is 138 Å². The van der Waals surface area contributed by atoms with Crippen LogP contribution in [0.5, 0.6) is 23.0 Å². The molecule has 8 rings (SSSR count). The minimum Gasteiger partial charge on any atom is -0.507 e. The van der Waals surface area contributed by atoms with Crippen LogP contribution >= 0.6 is 0 Å². The van der Waals surface area contributed by atoms with Crippen molar-refractivity contribution in [3.05, 3.63) is 148 Å². The third kappa shape index (κ3) is 8.89. The van der Waals surface area contributed by atoms with Crippen molar-refractivity contribution in [1.82, 2.24) is 29.9 Å². The number of nitrogens with zero attached hydrogens (tertiary/aromatic N) is 6. The number of rotatable bonds is 10. The molecule has 2 aromatic heterocycles. The van der Waals surface area contributed by atoms with E-state index in [0.29, 0.717) is 57.6 Å². The Morgan fingerprint density at radius 3 is 0.671 bits per heavy atom. The van der Waals surface area contributed by atoms with Crippen LogP contribution < -0.4 is 9.47 Å². The van der Waals surface area contributed by atoms with Crippen LogP contribution in [-0.2, 0) is 0 Å². The lowest BCUT2D eigenvalue weighted by atomic mass is 9.88. The van der Waals surface area contributed by atoms with E-state index >= 15 is 0 Å². The minimum absolute atomic E-state index is 0.0594. The maximum atomic E-state index is 11.7. The van der Waals surface area contributed by atoms with E-state index in [1.54, 1.807) is 24.3 Å². The number of hydrogen-bond acceptors (Lipinski definition) is 10. The summed E-state index contributed by atoms with van der Waals surface area (Å²) in [6, 6.07) is 10.1. The van der Waals surface area contributed by atoms with Gasteiger partial charge in [-0.25, -0.2) is 29.9 Å². The van der Waals surface area contributed by atoms with Gasteiger partial charge in [-0.1, -0.05) is 0 Å². The Bertz CT molecular complexity index is 3100. The lowest BCUT2D eigenvalue weighted by Crippen LogP contribution is -2.08.